The topological polar surface area (TPSA) is 40.6 Å². The summed E-state index contributed by atoms with van der Waals surface area (Å²) in [5.74, 6) is -2.35. The van der Waals surface area contributed by atoms with Crippen LogP contribution in [0.2, 0.25) is 0 Å². The van der Waals surface area contributed by atoms with Crippen LogP contribution >= 0.6 is 0 Å². The molecule has 0 unspecified atom stereocenters. The van der Waals surface area contributed by atoms with Gasteiger partial charge in [-0.15, -0.1) is 0 Å². The number of hydrogen-bond acceptors (Lipinski definition) is 2. The number of hydrogen-bond donors (Lipinski definition) is 0. The third kappa shape index (κ3) is 3.68. The Labute approximate surface area is 144 Å². The zero-order valence-electron chi connectivity index (χ0n) is 13.8. The van der Waals surface area contributed by atoms with Gasteiger partial charge in [0.25, 0.3) is 0 Å². The van der Waals surface area contributed by atoms with Crippen LogP contribution in [0.3, 0.4) is 0 Å². The standard InChI is InChI=1S/C19H18F2N2O2/c1-13(24)23(18-7-6-16(20)10-17(18)21)12-19(25)22-9-8-14-4-2-3-5-15(14)11-22/h2-7,10H,8-9,11-12H2,1H3. The highest BCUT2D eigenvalue weighted by Crippen LogP contribution is 2.22. The molecule has 0 bridgehead atoms. The molecule has 0 radical (unpaired) electrons. The highest BCUT2D eigenvalue weighted by Gasteiger charge is 2.25. The minimum atomic E-state index is -0.869. The van der Waals surface area contributed by atoms with Crippen molar-refractivity contribution in [1.82, 2.24) is 4.90 Å². The molecular formula is C19H18F2N2O2. The van der Waals surface area contributed by atoms with Gasteiger partial charge in [0, 0.05) is 26.1 Å². The Morgan fingerprint density at radius 1 is 1.12 bits per heavy atom. The van der Waals surface area contributed by atoms with Gasteiger partial charge >= 0.3 is 0 Å². The highest BCUT2D eigenvalue weighted by atomic mass is 19.1. The van der Waals surface area contributed by atoms with Crippen LogP contribution in [0.25, 0.3) is 0 Å². The first-order valence-corrected chi connectivity index (χ1v) is 8.03. The Bertz CT molecular complexity index is 823. The Kier molecular flexibility index (Phi) is 4.79. The first kappa shape index (κ1) is 17.1. The lowest BCUT2D eigenvalue weighted by molar-refractivity contribution is -0.132. The number of anilines is 1. The predicted octanol–water partition coefficient (Wildman–Crippen LogP) is 2.90. The maximum atomic E-state index is 14.0. The molecule has 0 N–H and O–H groups in total. The van der Waals surface area contributed by atoms with Gasteiger partial charge in [0.1, 0.15) is 18.2 Å². The number of halogens is 2. The average Bonchev–Trinajstić information content (AvgIpc) is 2.59. The maximum absolute atomic E-state index is 14.0. The van der Waals surface area contributed by atoms with Crippen LogP contribution in [0.4, 0.5) is 14.5 Å². The van der Waals surface area contributed by atoms with E-state index in [4.69, 9.17) is 0 Å². The number of rotatable bonds is 3. The van der Waals surface area contributed by atoms with Crippen molar-refractivity contribution < 1.29 is 18.4 Å². The van der Waals surface area contributed by atoms with Gasteiger partial charge in [-0.3, -0.25) is 9.59 Å². The molecule has 2 aromatic carbocycles. The molecule has 0 spiro atoms. The molecule has 130 valence electrons. The molecule has 1 aliphatic rings. The fourth-order valence-electron chi connectivity index (χ4n) is 3.01. The van der Waals surface area contributed by atoms with E-state index < -0.39 is 17.5 Å². The predicted molar refractivity (Wildman–Crippen MR) is 89.9 cm³/mol. The lowest BCUT2D eigenvalue weighted by atomic mass is 10.00. The zero-order valence-corrected chi connectivity index (χ0v) is 13.8. The van der Waals surface area contributed by atoms with E-state index in [1.807, 2.05) is 24.3 Å². The van der Waals surface area contributed by atoms with E-state index in [9.17, 15) is 18.4 Å². The summed E-state index contributed by atoms with van der Waals surface area (Å²) in [4.78, 5) is 27.2. The molecule has 0 aliphatic carbocycles. The van der Waals surface area contributed by atoms with E-state index in [2.05, 4.69) is 0 Å². The van der Waals surface area contributed by atoms with Crippen LogP contribution in [0.1, 0.15) is 18.1 Å². The van der Waals surface area contributed by atoms with E-state index in [-0.39, 0.29) is 18.1 Å². The van der Waals surface area contributed by atoms with Crippen LogP contribution < -0.4 is 4.90 Å². The summed E-state index contributed by atoms with van der Waals surface area (Å²) in [6.07, 6.45) is 0.743. The molecule has 1 heterocycles. The van der Waals surface area contributed by atoms with Crippen molar-refractivity contribution in [2.75, 3.05) is 18.0 Å². The second-order valence-corrected chi connectivity index (χ2v) is 6.03. The average molecular weight is 344 g/mol. The van der Waals surface area contributed by atoms with Crippen molar-refractivity contribution in [1.29, 1.82) is 0 Å². The molecule has 6 heteroatoms. The van der Waals surface area contributed by atoms with Crippen molar-refractivity contribution in [3.8, 4) is 0 Å². The lowest BCUT2D eigenvalue weighted by Gasteiger charge is -2.31. The largest absolute Gasteiger partial charge is 0.336 e. The van der Waals surface area contributed by atoms with Gasteiger partial charge in [-0.25, -0.2) is 8.78 Å². The molecule has 3 rings (SSSR count). The molecule has 0 atom stereocenters. The molecule has 0 fully saturated rings. The molecule has 2 amide bonds. The van der Waals surface area contributed by atoms with Gasteiger partial charge in [0.05, 0.1) is 5.69 Å². The molecule has 4 nitrogen and oxygen atoms in total. The molecular weight excluding hydrogens is 326 g/mol. The van der Waals surface area contributed by atoms with Gasteiger partial charge < -0.3 is 9.80 Å². The van der Waals surface area contributed by atoms with Crippen LogP contribution in [0.15, 0.2) is 42.5 Å². The highest BCUT2D eigenvalue weighted by molar-refractivity contribution is 5.97. The van der Waals surface area contributed by atoms with Gasteiger partial charge in [0.2, 0.25) is 11.8 Å². The Morgan fingerprint density at radius 3 is 2.52 bits per heavy atom. The summed E-state index contributed by atoms with van der Waals surface area (Å²) >= 11 is 0. The van der Waals surface area contributed by atoms with E-state index in [1.54, 1.807) is 4.90 Å². The Morgan fingerprint density at radius 2 is 1.84 bits per heavy atom. The second kappa shape index (κ2) is 7.01. The molecule has 2 aromatic rings. The van der Waals surface area contributed by atoms with Gasteiger partial charge in [-0.2, -0.15) is 0 Å². The van der Waals surface area contributed by atoms with Crippen LogP contribution in [-0.2, 0) is 22.6 Å². The van der Waals surface area contributed by atoms with Crippen molar-refractivity contribution >= 4 is 17.5 Å². The lowest BCUT2D eigenvalue weighted by Crippen LogP contribution is -2.44. The van der Waals surface area contributed by atoms with E-state index in [0.717, 1.165) is 23.0 Å². The summed E-state index contributed by atoms with van der Waals surface area (Å²) < 4.78 is 27.1. The monoisotopic (exact) mass is 344 g/mol. The quantitative estimate of drug-likeness (QED) is 0.859. The first-order chi connectivity index (χ1) is 12.0. The fourth-order valence-corrected chi connectivity index (χ4v) is 3.01. The van der Waals surface area contributed by atoms with E-state index in [1.165, 1.54) is 18.6 Å². The summed E-state index contributed by atoms with van der Waals surface area (Å²) in [7, 11) is 0. The van der Waals surface area contributed by atoms with Gasteiger partial charge in [-0.05, 0) is 29.7 Å². The molecule has 25 heavy (non-hydrogen) atoms. The number of carbonyl (C=O) groups is 2. The summed E-state index contributed by atoms with van der Waals surface area (Å²) in [5.41, 5.74) is 2.18. The first-order valence-electron chi connectivity index (χ1n) is 8.03. The van der Waals surface area contributed by atoms with Crippen molar-refractivity contribution in [2.45, 2.75) is 19.9 Å². The number of fused-ring (bicyclic) bond motifs is 1. The number of carbonyl (C=O) groups excluding carboxylic acids is 2. The maximum Gasteiger partial charge on any atom is 0.242 e. The van der Waals surface area contributed by atoms with Crippen LogP contribution in [-0.4, -0.2) is 29.8 Å². The van der Waals surface area contributed by atoms with Crippen LogP contribution in [0.5, 0.6) is 0 Å². The van der Waals surface area contributed by atoms with Crippen molar-refractivity contribution in [3.05, 3.63) is 65.2 Å². The van der Waals surface area contributed by atoms with Gasteiger partial charge in [0.15, 0.2) is 0 Å². The van der Waals surface area contributed by atoms with Crippen molar-refractivity contribution in [3.63, 3.8) is 0 Å². The third-order valence-corrected chi connectivity index (χ3v) is 4.36. The minimum absolute atomic E-state index is 0.0975. The van der Waals surface area contributed by atoms with Crippen LogP contribution in [0, 0.1) is 11.6 Å². The molecule has 1 aliphatic heterocycles. The summed E-state index contributed by atoms with van der Waals surface area (Å²) in [6, 6.07) is 10.8. The molecule has 0 aromatic heterocycles. The smallest absolute Gasteiger partial charge is 0.242 e. The SMILES string of the molecule is CC(=O)N(CC(=O)N1CCc2ccccc2C1)c1ccc(F)cc1F. The summed E-state index contributed by atoms with van der Waals surface area (Å²) in [5, 5.41) is 0. The normalized spacial score (nSPS) is 13.3. The van der Waals surface area contributed by atoms with Crippen molar-refractivity contribution in [2.24, 2.45) is 0 Å². The van der Waals surface area contributed by atoms with E-state index in [0.29, 0.717) is 19.2 Å². The number of benzene rings is 2. The second-order valence-electron chi connectivity index (χ2n) is 6.03. The Hall–Kier alpha value is -2.76. The van der Waals surface area contributed by atoms with Gasteiger partial charge in [-0.1, -0.05) is 24.3 Å². The molecule has 0 saturated carbocycles. The van der Waals surface area contributed by atoms with E-state index >= 15 is 0 Å². The fraction of sp³-hybridized carbons (Fsp3) is 0.263. The number of nitrogens with zero attached hydrogens (tertiary/aromatic N) is 2. The third-order valence-electron chi connectivity index (χ3n) is 4.36. The minimum Gasteiger partial charge on any atom is -0.336 e. The zero-order chi connectivity index (χ0) is 18.0. The Balaban J connectivity index is 1.77. The summed E-state index contributed by atoms with van der Waals surface area (Å²) in [6.45, 7) is 1.99. The number of amides is 2. The molecule has 0 saturated heterocycles.